The lowest BCUT2D eigenvalue weighted by molar-refractivity contribution is 0.0717. The summed E-state index contributed by atoms with van der Waals surface area (Å²) in [6, 6.07) is 7.77. The molecule has 29 heavy (non-hydrogen) atoms. The third-order valence-electron chi connectivity index (χ3n) is 5.93. The van der Waals surface area contributed by atoms with Crippen LogP contribution in [-0.4, -0.2) is 41.7 Å². The molecule has 2 N–H and O–H groups in total. The SMILES string of the molecule is CN(CC1CC1)c1ncc(-c2ccc(F)cc2)cc1C(=O)N[C@@H]1CCCC[C@H]1O. The van der Waals surface area contributed by atoms with Crippen LogP contribution in [-0.2, 0) is 0 Å². The minimum absolute atomic E-state index is 0.218. The van der Waals surface area contributed by atoms with Crippen molar-refractivity contribution < 1.29 is 14.3 Å². The van der Waals surface area contributed by atoms with Gasteiger partial charge in [0.1, 0.15) is 11.6 Å². The second-order valence-electron chi connectivity index (χ2n) is 8.36. The van der Waals surface area contributed by atoms with Crippen LogP contribution in [0.25, 0.3) is 11.1 Å². The molecule has 4 rings (SSSR count). The van der Waals surface area contributed by atoms with Crippen molar-refractivity contribution in [2.45, 2.75) is 50.7 Å². The molecule has 2 aliphatic rings. The van der Waals surface area contributed by atoms with Crippen LogP contribution in [0.3, 0.4) is 0 Å². The molecule has 1 heterocycles. The quantitative estimate of drug-likeness (QED) is 0.779. The van der Waals surface area contributed by atoms with E-state index in [9.17, 15) is 14.3 Å². The zero-order valence-corrected chi connectivity index (χ0v) is 16.8. The van der Waals surface area contributed by atoms with E-state index in [1.54, 1.807) is 18.3 Å². The lowest BCUT2D eigenvalue weighted by Gasteiger charge is -2.29. The van der Waals surface area contributed by atoms with Gasteiger partial charge in [0.2, 0.25) is 0 Å². The maximum Gasteiger partial charge on any atom is 0.255 e. The van der Waals surface area contributed by atoms with Crippen LogP contribution in [0.1, 0.15) is 48.9 Å². The third-order valence-corrected chi connectivity index (χ3v) is 5.93. The Morgan fingerprint density at radius 1 is 1.17 bits per heavy atom. The molecule has 2 aromatic rings. The average Bonchev–Trinajstić information content (AvgIpc) is 3.54. The first-order valence-electron chi connectivity index (χ1n) is 10.5. The topological polar surface area (TPSA) is 65.5 Å². The van der Waals surface area contributed by atoms with Crippen molar-refractivity contribution in [2.75, 3.05) is 18.5 Å². The summed E-state index contributed by atoms with van der Waals surface area (Å²) >= 11 is 0. The Kier molecular flexibility index (Phi) is 5.81. The van der Waals surface area contributed by atoms with E-state index >= 15 is 0 Å². The number of nitrogens with one attached hydrogen (secondary N) is 1. The normalized spacial score (nSPS) is 21.6. The van der Waals surface area contributed by atoms with Crippen molar-refractivity contribution in [2.24, 2.45) is 5.92 Å². The highest BCUT2D eigenvalue weighted by atomic mass is 19.1. The molecule has 5 nitrogen and oxygen atoms in total. The van der Waals surface area contributed by atoms with E-state index in [4.69, 9.17) is 0 Å². The van der Waals surface area contributed by atoms with Crippen LogP contribution in [0.4, 0.5) is 10.2 Å². The molecule has 0 bridgehead atoms. The van der Waals surface area contributed by atoms with Crippen molar-refractivity contribution in [3.05, 3.63) is 47.9 Å². The molecule has 2 atom stereocenters. The van der Waals surface area contributed by atoms with Gasteiger partial charge in [-0.1, -0.05) is 25.0 Å². The standard InChI is InChI=1S/C23H28FN3O2/c1-27(14-15-6-7-15)22-19(23(29)26-20-4-2-3-5-21(20)28)12-17(13-25-22)16-8-10-18(24)11-9-16/h8-13,15,20-21,28H,2-7,14H2,1H3,(H,26,29)/t20-,21-/m1/s1. The summed E-state index contributed by atoms with van der Waals surface area (Å²) in [7, 11) is 1.96. The number of aromatic nitrogens is 1. The van der Waals surface area contributed by atoms with E-state index in [1.165, 1.54) is 25.0 Å². The minimum Gasteiger partial charge on any atom is -0.391 e. The van der Waals surface area contributed by atoms with Crippen molar-refractivity contribution in [3.63, 3.8) is 0 Å². The summed E-state index contributed by atoms with van der Waals surface area (Å²) < 4.78 is 13.3. The number of aliphatic hydroxyl groups is 1. The lowest BCUT2D eigenvalue weighted by Crippen LogP contribution is -2.45. The predicted octanol–water partition coefficient (Wildman–Crippen LogP) is 3.77. The number of anilines is 1. The molecule has 6 heteroatoms. The maximum atomic E-state index is 13.3. The van der Waals surface area contributed by atoms with Gasteiger partial charge in [0.25, 0.3) is 5.91 Å². The van der Waals surface area contributed by atoms with Crippen LogP contribution in [0.2, 0.25) is 0 Å². The molecule has 1 aromatic carbocycles. The predicted molar refractivity (Wildman–Crippen MR) is 111 cm³/mol. The molecule has 0 unspecified atom stereocenters. The fourth-order valence-electron chi connectivity index (χ4n) is 4.03. The largest absolute Gasteiger partial charge is 0.391 e. The van der Waals surface area contributed by atoms with Crippen molar-refractivity contribution >= 4 is 11.7 Å². The number of amides is 1. The van der Waals surface area contributed by atoms with Crippen LogP contribution >= 0.6 is 0 Å². The van der Waals surface area contributed by atoms with Gasteiger partial charge in [-0.15, -0.1) is 0 Å². The van der Waals surface area contributed by atoms with E-state index in [2.05, 4.69) is 10.3 Å². The maximum absolute atomic E-state index is 13.3. The fraction of sp³-hybridized carbons (Fsp3) is 0.478. The number of nitrogens with zero attached hydrogens (tertiary/aromatic N) is 2. The Balaban J connectivity index is 1.63. The molecule has 0 aliphatic heterocycles. The van der Waals surface area contributed by atoms with Crippen LogP contribution in [0, 0.1) is 11.7 Å². The zero-order valence-electron chi connectivity index (χ0n) is 16.8. The number of carbonyl (C=O) groups excluding carboxylic acids is 1. The number of aliphatic hydroxyl groups excluding tert-OH is 1. The van der Waals surface area contributed by atoms with E-state index in [-0.39, 0.29) is 17.8 Å². The summed E-state index contributed by atoms with van der Waals surface area (Å²) in [6.07, 6.45) is 7.15. The number of rotatable bonds is 6. The molecule has 0 spiro atoms. The van der Waals surface area contributed by atoms with E-state index in [0.717, 1.165) is 36.9 Å². The first kappa shape index (κ1) is 19.8. The molecule has 0 saturated heterocycles. The van der Waals surface area contributed by atoms with Gasteiger partial charge >= 0.3 is 0 Å². The Labute approximate surface area is 171 Å². The molecule has 154 valence electrons. The van der Waals surface area contributed by atoms with Crippen LogP contribution in [0.5, 0.6) is 0 Å². The van der Waals surface area contributed by atoms with Gasteiger partial charge in [0, 0.05) is 25.4 Å². The number of halogens is 1. The number of carbonyl (C=O) groups is 1. The highest BCUT2D eigenvalue weighted by Gasteiger charge is 2.28. The van der Waals surface area contributed by atoms with Crippen LogP contribution < -0.4 is 10.2 Å². The summed E-state index contributed by atoms with van der Waals surface area (Å²) in [5, 5.41) is 13.3. The number of hydrogen-bond donors (Lipinski definition) is 2. The van der Waals surface area contributed by atoms with Crippen molar-refractivity contribution in [3.8, 4) is 11.1 Å². The van der Waals surface area contributed by atoms with Crippen molar-refractivity contribution in [1.29, 1.82) is 0 Å². The summed E-state index contributed by atoms with van der Waals surface area (Å²) in [5.41, 5.74) is 2.07. The molecule has 1 amide bonds. The molecule has 0 radical (unpaired) electrons. The monoisotopic (exact) mass is 397 g/mol. The summed E-state index contributed by atoms with van der Waals surface area (Å²) in [6.45, 7) is 0.870. The van der Waals surface area contributed by atoms with Gasteiger partial charge < -0.3 is 15.3 Å². The summed E-state index contributed by atoms with van der Waals surface area (Å²) in [5.74, 6) is 0.789. The Bertz CT molecular complexity index is 867. The highest BCUT2D eigenvalue weighted by molar-refractivity contribution is 6.00. The first-order valence-corrected chi connectivity index (χ1v) is 10.5. The minimum atomic E-state index is -0.506. The smallest absolute Gasteiger partial charge is 0.255 e. The number of hydrogen-bond acceptors (Lipinski definition) is 4. The number of pyridine rings is 1. The molecule has 2 fully saturated rings. The first-order chi connectivity index (χ1) is 14.0. The van der Waals surface area contributed by atoms with E-state index in [0.29, 0.717) is 23.7 Å². The highest BCUT2D eigenvalue weighted by Crippen LogP contribution is 2.32. The molecule has 2 aliphatic carbocycles. The zero-order chi connectivity index (χ0) is 20.4. The Hall–Kier alpha value is -2.47. The van der Waals surface area contributed by atoms with Gasteiger partial charge in [-0.05, 0) is 55.4 Å². The summed E-state index contributed by atoms with van der Waals surface area (Å²) in [4.78, 5) is 19.8. The Morgan fingerprint density at radius 3 is 2.59 bits per heavy atom. The van der Waals surface area contributed by atoms with E-state index in [1.807, 2.05) is 18.0 Å². The Morgan fingerprint density at radius 2 is 1.90 bits per heavy atom. The van der Waals surface area contributed by atoms with E-state index < -0.39 is 6.10 Å². The second-order valence-corrected chi connectivity index (χ2v) is 8.36. The van der Waals surface area contributed by atoms with Crippen LogP contribution in [0.15, 0.2) is 36.5 Å². The average molecular weight is 397 g/mol. The van der Waals surface area contributed by atoms with Gasteiger partial charge in [-0.25, -0.2) is 9.37 Å². The molecule has 2 saturated carbocycles. The van der Waals surface area contributed by atoms with Gasteiger partial charge in [-0.3, -0.25) is 4.79 Å². The van der Waals surface area contributed by atoms with Gasteiger partial charge in [0.05, 0.1) is 17.7 Å². The third kappa shape index (κ3) is 4.75. The van der Waals surface area contributed by atoms with Gasteiger partial charge in [0.15, 0.2) is 0 Å². The molecular formula is C23H28FN3O2. The van der Waals surface area contributed by atoms with Gasteiger partial charge in [-0.2, -0.15) is 0 Å². The van der Waals surface area contributed by atoms with Crippen molar-refractivity contribution in [1.82, 2.24) is 10.3 Å². The fourth-order valence-corrected chi connectivity index (χ4v) is 4.03. The lowest BCUT2D eigenvalue weighted by atomic mass is 9.92. The molecular weight excluding hydrogens is 369 g/mol. The second kappa shape index (κ2) is 8.49. The number of benzene rings is 1. The molecule has 1 aromatic heterocycles.